The molecular formula is C14H15NO. The van der Waals surface area contributed by atoms with Crippen LogP contribution in [0.2, 0.25) is 0 Å². The normalized spacial score (nSPS) is 12.6. The van der Waals surface area contributed by atoms with Gasteiger partial charge in [-0.2, -0.15) is 0 Å². The molecule has 0 fully saturated rings. The molecule has 2 nitrogen and oxygen atoms in total. The highest BCUT2D eigenvalue weighted by molar-refractivity contribution is 5.81. The molecule has 0 aliphatic heterocycles. The van der Waals surface area contributed by atoms with E-state index in [0.717, 1.165) is 10.9 Å². The molecule has 1 aromatic heterocycles. The van der Waals surface area contributed by atoms with Crippen molar-refractivity contribution >= 4 is 10.8 Å². The summed E-state index contributed by atoms with van der Waals surface area (Å²) in [7, 11) is 0. The molecule has 0 spiro atoms. The lowest BCUT2D eigenvalue weighted by Crippen LogP contribution is -2.08. The van der Waals surface area contributed by atoms with Crippen molar-refractivity contribution in [2.24, 2.45) is 0 Å². The fraction of sp³-hybridized carbons (Fsp3) is 0.214. The Kier molecular flexibility index (Phi) is 3.32. The second kappa shape index (κ2) is 4.90. The highest BCUT2D eigenvalue weighted by Crippen LogP contribution is 2.16. The number of rotatable bonds is 4. The minimum absolute atomic E-state index is 0.336. The Balaban J connectivity index is 2.22. The van der Waals surface area contributed by atoms with E-state index in [1.165, 1.54) is 5.39 Å². The first-order chi connectivity index (χ1) is 7.79. The maximum absolute atomic E-state index is 9.69. The van der Waals surface area contributed by atoms with Gasteiger partial charge in [-0.15, -0.1) is 6.58 Å². The van der Waals surface area contributed by atoms with Gasteiger partial charge in [0.05, 0.1) is 6.10 Å². The second-order valence-electron chi connectivity index (χ2n) is 3.94. The molecule has 1 unspecified atom stereocenters. The minimum atomic E-state index is -0.336. The van der Waals surface area contributed by atoms with Crippen LogP contribution in [0.25, 0.3) is 10.8 Å². The lowest BCUT2D eigenvalue weighted by Gasteiger charge is -2.08. The number of nitrogens with zero attached hydrogens (tertiary/aromatic N) is 1. The summed E-state index contributed by atoms with van der Waals surface area (Å²) in [5, 5.41) is 12.0. The van der Waals surface area contributed by atoms with E-state index >= 15 is 0 Å². The Morgan fingerprint density at radius 2 is 2.19 bits per heavy atom. The van der Waals surface area contributed by atoms with Gasteiger partial charge in [-0.05, 0) is 29.9 Å². The quantitative estimate of drug-likeness (QED) is 0.792. The third-order valence-corrected chi connectivity index (χ3v) is 2.62. The number of aliphatic hydroxyl groups is 1. The topological polar surface area (TPSA) is 33.1 Å². The number of hydrogen-bond acceptors (Lipinski definition) is 2. The summed E-state index contributed by atoms with van der Waals surface area (Å²) in [5.74, 6) is 0. The first-order valence-corrected chi connectivity index (χ1v) is 5.41. The van der Waals surface area contributed by atoms with Gasteiger partial charge in [0.15, 0.2) is 0 Å². The molecule has 2 aromatic rings. The van der Waals surface area contributed by atoms with Crippen LogP contribution in [-0.2, 0) is 6.42 Å². The van der Waals surface area contributed by atoms with Gasteiger partial charge in [0.1, 0.15) is 0 Å². The fourth-order valence-corrected chi connectivity index (χ4v) is 1.81. The Bertz CT molecular complexity index is 493. The van der Waals surface area contributed by atoms with Crippen molar-refractivity contribution in [2.45, 2.75) is 18.9 Å². The number of hydrogen-bond donors (Lipinski definition) is 1. The van der Waals surface area contributed by atoms with Crippen LogP contribution in [0.3, 0.4) is 0 Å². The van der Waals surface area contributed by atoms with E-state index < -0.39 is 0 Å². The largest absolute Gasteiger partial charge is 0.392 e. The molecule has 82 valence electrons. The van der Waals surface area contributed by atoms with Gasteiger partial charge >= 0.3 is 0 Å². The lowest BCUT2D eigenvalue weighted by atomic mass is 10.0. The molecule has 0 saturated heterocycles. The zero-order chi connectivity index (χ0) is 11.4. The van der Waals surface area contributed by atoms with E-state index in [0.29, 0.717) is 12.8 Å². The Morgan fingerprint density at radius 1 is 1.31 bits per heavy atom. The molecule has 1 heterocycles. The smallest absolute Gasteiger partial charge is 0.0614 e. The van der Waals surface area contributed by atoms with Crippen LogP contribution in [-0.4, -0.2) is 16.2 Å². The number of benzene rings is 1. The Hall–Kier alpha value is -1.67. The highest BCUT2D eigenvalue weighted by Gasteiger charge is 2.04. The third kappa shape index (κ3) is 2.47. The molecule has 0 aliphatic rings. The van der Waals surface area contributed by atoms with Crippen LogP contribution in [0.15, 0.2) is 49.3 Å². The summed E-state index contributed by atoms with van der Waals surface area (Å²) in [5.41, 5.74) is 1.15. The molecule has 0 radical (unpaired) electrons. The maximum Gasteiger partial charge on any atom is 0.0614 e. The van der Waals surface area contributed by atoms with Crippen molar-refractivity contribution in [3.63, 3.8) is 0 Å². The summed E-state index contributed by atoms with van der Waals surface area (Å²) in [6.07, 6.45) is 6.34. The van der Waals surface area contributed by atoms with E-state index in [-0.39, 0.29) is 6.10 Å². The summed E-state index contributed by atoms with van der Waals surface area (Å²) in [4.78, 5) is 4.07. The van der Waals surface area contributed by atoms with Crippen LogP contribution in [0, 0.1) is 0 Å². The van der Waals surface area contributed by atoms with E-state index in [4.69, 9.17) is 0 Å². The second-order valence-corrected chi connectivity index (χ2v) is 3.94. The first-order valence-electron chi connectivity index (χ1n) is 5.41. The number of aromatic nitrogens is 1. The van der Waals surface area contributed by atoms with Crippen molar-refractivity contribution < 1.29 is 5.11 Å². The molecule has 1 aromatic carbocycles. The summed E-state index contributed by atoms with van der Waals surface area (Å²) >= 11 is 0. The predicted octanol–water partition coefficient (Wildman–Crippen LogP) is 2.71. The van der Waals surface area contributed by atoms with Gasteiger partial charge in [0, 0.05) is 17.8 Å². The van der Waals surface area contributed by atoms with Crippen molar-refractivity contribution in [3.05, 3.63) is 54.9 Å². The van der Waals surface area contributed by atoms with Crippen LogP contribution < -0.4 is 0 Å². The molecule has 1 atom stereocenters. The van der Waals surface area contributed by atoms with Crippen LogP contribution >= 0.6 is 0 Å². The summed E-state index contributed by atoms with van der Waals surface area (Å²) in [6.45, 7) is 3.62. The summed E-state index contributed by atoms with van der Waals surface area (Å²) < 4.78 is 0. The Morgan fingerprint density at radius 3 is 3.00 bits per heavy atom. The standard InChI is InChI=1S/C14H15NO/c1-2-3-14(16)9-11-4-5-13-10-15-7-6-12(13)8-11/h2,4-8,10,14,16H,1,3,9H2. The van der Waals surface area contributed by atoms with E-state index in [2.05, 4.69) is 17.6 Å². The van der Waals surface area contributed by atoms with Crippen LogP contribution in [0.4, 0.5) is 0 Å². The van der Waals surface area contributed by atoms with Crippen LogP contribution in [0.5, 0.6) is 0 Å². The van der Waals surface area contributed by atoms with E-state index in [1.54, 1.807) is 12.3 Å². The summed E-state index contributed by atoms with van der Waals surface area (Å²) in [6, 6.07) is 8.16. The van der Waals surface area contributed by atoms with Gasteiger partial charge in [0.2, 0.25) is 0 Å². The predicted molar refractivity (Wildman–Crippen MR) is 66.3 cm³/mol. The average molecular weight is 213 g/mol. The van der Waals surface area contributed by atoms with Gasteiger partial charge in [-0.1, -0.05) is 24.3 Å². The number of fused-ring (bicyclic) bond motifs is 1. The van der Waals surface area contributed by atoms with Gasteiger partial charge in [-0.25, -0.2) is 0 Å². The van der Waals surface area contributed by atoms with E-state index in [9.17, 15) is 5.11 Å². The van der Waals surface area contributed by atoms with Crippen LogP contribution in [0.1, 0.15) is 12.0 Å². The van der Waals surface area contributed by atoms with Gasteiger partial charge in [-0.3, -0.25) is 4.98 Å². The molecule has 0 amide bonds. The monoisotopic (exact) mass is 213 g/mol. The third-order valence-electron chi connectivity index (χ3n) is 2.62. The maximum atomic E-state index is 9.69. The van der Waals surface area contributed by atoms with Crippen molar-refractivity contribution in [2.75, 3.05) is 0 Å². The SMILES string of the molecule is C=CCC(O)Cc1ccc2cnccc2c1. The molecular weight excluding hydrogens is 198 g/mol. The molecule has 0 saturated carbocycles. The highest BCUT2D eigenvalue weighted by atomic mass is 16.3. The average Bonchev–Trinajstić information content (AvgIpc) is 2.29. The fourth-order valence-electron chi connectivity index (χ4n) is 1.81. The molecule has 0 aliphatic carbocycles. The van der Waals surface area contributed by atoms with Gasteiger partial charge in [0.25, 0.3) is 0 Å². The molecule has 0 bridgehead atoms. The van der Waals surface area contributed by atoms with Crippen molar-refractivity contribution in [3.8, 4) is 0 Å². The lowest BCUT2D eigenvalue weighted by molar-refractivity contribution is 0.178. The molecule has 2 heteroatoms. The Labute approximate surface area is 95.3 Å². The molecule has 16 heavy (non-hydrogen) atoms. The molecule has 2 rings (SSSR count). The van der Waals surface area contributed by atoms with Gasteiger partial charge < -0.3 is 5.11 Å². The minimum Gasteiger partial charge on any atom is -0.392 e. The molecule has 1 N–H and O–H groups in total. The first kappa shape index (κ1) is 10.8. The number of pyridine rings is 1. The zero-order valence-corrected chi connectivity index (χ0v) is 9.13. The van der Waals surface area contributed by atoms with Crippen molar-refractivity contribution in [1.82, 2.24) is 4.98 Å². The van der Waals surface area contributed by atoms with E-state index in [1.807, 2.05) is 24.4 Å². The zero-order valence-electron chi connectivity index (χ0n) is 9.13. The number of aliphatic hydroxyl groups excluding tert-OH is 1. The van der Waals surface area contributed by atoms with Crippen molar-refractivity contribution in [1.29, 1.82) is 0 Å².